The molecule has 0 aliphatic heterocycles. The van der Waals surface area contributed by atoms with Crippen molar-refractivity contribution >= 4 is 88.6 Å². The second kappa shape index (κ2) is 14.8. The number of fused-ring (bicyclic) bond motifs is 10. The molecule has 7 heteroatoms. The molecular weight excluding hydrogens is 811 g/mol. The molecular formula is C59H37N5O2. The van der Waals surface area contributed by atoms with Crippen LogP contribution in [0.1, 0.15) is 18.1 Å². The SMILES string of the molecule is C=Cc1c(/C=C\C)c2cc(-c3nc(-c4ccc(-c5nc6ccccc6n5-c5ccc6c(c5)oc5ccccc56)cc4)nc(-c4ccc5c(c4)oc4ccccc45)n3)ccc2c2ccccc12. The standard InChI is InChI=1S/C59H37N5O2/c1-3-13-41-40(4-2)42-14-5-6-15-43(42)44-29-26-37(32-49(41)44)57-61-56(62-58(63-57)38-27-30-47-45-16-7-11-20-52(45)65-54(47)33-38)35-22-24-36(25-23-35)59-60-50-18-9-10-19-51(50)64(59)39-28-31-48-46-17-8-12-21-53(46)66-55(48)34-39/h3-34H,2H2,1H3/b13-3-. The highest BCUT2D eigenvalue weighted by Gasteiger charge is 2.20. The Labute approximate surface area is 378 Å². The van der Waals surface area contributed by atoms with E-state index in [1.54, 1.807) is 0 Å². The van der Waals surface area contributed by atoms with Gasteiger partial charge in [-0.25, -0.2) is 19.9 Å². The second-order valence-corrected chi connectivity index (χ2v) is 16.6. The molecule has 0 bridgehead atoms. The van der Waals surface area contributed by atoms with Gasteiger partial charge < -0.3 is 8.83 Å². The fourth-order valence-corrected chi connectivity index (χ4v) is 9.68. The first-order valence-corrected chi connectivity index (χ1v) is 22.0. The van der Waals surface area contributed by atoms with Crippen LogP contribution in [-0.4, -0.2) is 24.5 Å². The Morgan fingerprint density at radius 3 is 1.64 bits per heavy atom. The average Bonchev–Trinajstić information content (AvgIpc) is 4.07. The summed E-state index contributed by atoms with van der Waals surface area (Å²) in [5.74, 6) is 2.47. The van der Waals surface area contributed by atoms with Gasteiger partial charge in [-0.05, 0) is 94.2 Å². The van der Waals surface area contributed by atoms with Crippen molar-refractivity contribution in [3.8, 4) is 51.2 Å². The summed E-state index contributed by atoms with van der Waals surface area (Å²) < 4.78 is 14.9. The van der Waals surface area contributed by atoms with Crippen molar-refractivity contribution in [1.29, 1.82) is 0 Å². The normalized spacial score (nSPS) is 12.0. The molecule has 4 aromatic heterocycles. The molecule has 7 nitrogen and oxygen atoms in total. The summed E-state index contributed by atoms with van der Waals surface area (Å²) in [6.07, 6.45) is 6.19. The lowest BCUT2D eigenvalue weighted by molar-refractivity contribution is 0.668. The molecule has 0 N–H and O–H groups in total. The number of hydrogen-bond acceptors (Lipinski definition) is 6. The predicted molar refractivity (Wildman–Crippen MR) is 271 cm³/mol. The van der Waals surface area contributed by atoms with Crippen molar-refractivity contribution < 1.29 is 8.83 Å². The zero-order valence-corrected chi connectivity index (χ0v) is 35.7. The third-order valence-electron chi connectivity index (χ3n) is 12.8. The van der Waals surface area contributed by atoms with E-state index in [-0.39, 0.29) is 0 Å². The Kier molecular flexibility index (Phi) is 8.45. The monoisotopic (exact) mass is 847 g/mol. The van der Waals surface area contributed by atoms with Gasteiger partial charge in [0.15, 0.2) is 17.5 Å². The fourth-order valence-electron chi connectivity index (χ4n) is 9.68. The molecule has 0 spiro atoms. The van der Waals surface area contributed by atoms with Gasteiger partial charge in [-0.1, -0.05) is 140 Å². The minimum Gasteiger partial charge on any atom is -0.456 e. The molecule has 0 aliphatic rings. The van der Waals surface area contributed by atoms with Gasteiger partial charge in [-0.2, -0.15) is 0 Å². The summed E-state index contributed by atoms with van der Waals surface area (Å²) in [7, 11) is 0. The van der Waals surface area contributed by atoms with Crippen LogP contribution in [0.4, 0.5) is 0 Å². The third-order valence-corrected chi connectivity index (χ3v) is 12.8. The van der Waals surface area contributed by atoms with Crippen LogP contribution in [0.2, 0.25) is 0 Å². The lowest BCUT2D eigenvalue weighted by atomic mass is 9.90. The van der Waals surface area contributed by atoms with E-state index < -0.39 is 0 Å². The van der Waals surface area contributed by atoms with E-state index in [1.807, 2.05) is 67.6 Å². The van der Waals surface area contributed by atoms with Crippen molar-refractivity contribution in [2.75, 3.05) is 0 Å². The Morgan fingerprint density at radius 1 is 0.424 bits per heavy atom. The number of para-hydroxylation sites is 4. The smallest absolute Gasteiger partial charge is 0.164 e. The summed E-state index contributed by atoms with van der Waals surface area (Å²) in [5, 5.41) is 8.86. The Hall–Kier alpha value is -8.94. The van der Waals surface area contributed by atoms with E-state index in [9.17, 15) is 0 Å². The van der Waals surface area contributed by atoms with Gasteiger partial charge in [0.1, 0.15) is 28.2 Å². The van der Waals surface area contributed by atoms with E-state index in [1.165, 1.54) is 5.39 Å². The number of aromatic nitrogens is 5. The molecule has 310 valence electrons. The van der Waals surface area contributed by atoms with Gasteiger partial charge >= 0.3 is 0 Å². The lowest BCUT2D eigenvalue weighted by Crippen LogP contribution is -2.01. The maximum atomic E-state index is 6.34. The van der Waals surface area contributed by atoms with Crippen LogP contribution in [0, 0.1) is 0 Å². The molecule has 0 unspecified atom stereocenters. The molecule has 0 amide bonds. The second-order valence-electron chi connectivity index (χ2n) is 16.6. The number of nitrogens with zero attached hydrogens (tertiary/aromatic N) is 5. The van der Waals surface area contributed by atoms with E-state index in [0.29, 0.717) is 17.5 Å². The summed E-state index contributed by atoms with van der Waals surface area (Å²) in [4.78, 5) is 20.8. The molecule has 0 fully saturated rings. The van der Waals surface area contributed by atoms with Gasteiger partial charge in [-0.3, -0.25) is 4.57 Å². The fraction of sp³-hybridized carbons (Fsp3) is 0.0169. The largest absolute Gasteiger partial charge is 0.456 e. The molecule has 9 aromatic carbocycles. The summed E-state index contributed by atoms with van der Waals surface area (Å²) >= 11 is 0. The zero-order valence-electron chi connectivity index (χ0n) is 35.7. The minimum absolute atomic E-state index is 0.545. The topological polar surface area (TPSA) is 82.8 Å². The Balaban J connectivity index is 0.968. The number of rotatable bonds is 7. The van der Waals surface area contributed by atoms with Gasteiger partial charge in [0.05, 0.1) is 16.7 Å². The van der Waals surface area contributed by atoms with Crippen molar-refractivity contribution in [1.82, 2.24) is 24.5 Å². The highest BCUT2D eigenvalue weighted by atomic mass is 16.3. The number of furan rings is 2. The number of allylic oxidation sites excluding steroid dienone is 1. The maximum Gasteiger partial charge on any atom is 0.164 e. The minimum atomic E-state index is 0.545. The van der Waals surface area contributed by atoms with Gasteiger partial charge in [0.25, 0.3) is 0 Å². The molecule has 0 saturated heterocycles. The first kappa shape index (κ1) is 37.6. The van der Waals surface area contributed by atoms with Gasteiger partial charge in [0, 0.05) is 49.9 Å². The van der Waals surface area contributed by atoms with Crippen molar-refractivity contribution in [2.45, 2.75) is 6.92 Å². The van der Waals surface area contributed by atoms with Crippen LogP contribution in [0.5, 0.6) is 0 Å². The van der Waals surface area contributed by atoms with E-state index in [2.05, 4.69) is 145 Å². The quantitative estimate of drug-likeness (QED) is 0.149. The van der Waals surface area contributed by atoms with Crippen LogP contribution < -0.4 is 0 Å². The first-order valence-electron chi connectivity index (χ1n) is 22.0. The van der Waals surface area contributed by atoms with Crippen molar-refractivity contribution in [3.63, 3.8) is 0 Å². The number of imidazole rings is 1. The van der Waals surface area contributed by atoms with E-state index >= 15 is 0 Å². The van der Waals surface area contributed by atoms with Crippen molar-refractivity contribution in [3.05, 3.63) is 200 Å². The molecule has 0 atom stereocenters. The molecule has 66 heavy (non-hydrogen) atoms. The molecule has 0 saturated carbocycles. The summed E-state index contributed by atoms with van der Waals surface area (Å²) in [6, 6.07) is 60.4. The molecule has 13 aromatic rings. The molecule has 13 rings (SSSR count). The Morgan fingerprint density at radius 2 is 0.939 bits per heavy atom. The van der Waals surface area contributed by atoms with Crippen LogP contribution in [-0.2, 0) is 0 Å². The first-order chi connectivity index (χ1) is 32.6. The van der Waals surface area contributed by atoms with Crippen LogP contribution >= 0.6 is 0 Å². The highest BCUT2D eigenvalue weighted by Crippen LogP contribution is 2.39. The average molecular weight is 848 g/mol. The summed E-state index contributed by atoms with van der Waals surface area (Å²) in [5.41, 5.74) is 11.8. The highest BCUT2D eigenvalue weighted by molar-refractivity contribution is 6.15. The van der Waals surface area contributed by atoms with Gasteiger partial charge in [0.2, 0.25) is 0 Å². The summed E-state index contributed by atoms with van der Waals surface area (Å²) in [6.45, 7) is 6.27. The predicted octanol–water partition coefficient (Wildman–Crippen LogP) is 15.7. The van der Waals surface area contributed by atoms with Crippen LogP contribution in [0.15, 0.2) is 197 Å². The third kappa shape index (κ3) is 5.91. The molecule has 0 radical (unpaired) electrons. The maximum absolute atomic E-state index is 6.34. The van der Waals surface area contributed by atoms with Crippen LogP contribution in [0.3, 0.4) is 0 Å². The number of benzene rings is 9. The van der Waals surface area contributed by atoms with E-state index in [0.717, 1.165) is 116 Å². The number of hydrogen-bond donors (Lipinski definition) is 0. The van der Waals surface area contributed by atoms with E-state index in [4.69, 9.17) is 28.8 Å². The van der Waals surface area contributed by atoms with Gasteiger partial charge in [-0.15, -0.1) is 0 Å². The van der Waals surface area contributed by atoms with Crippen molar-refractivity contribution in [2.24, 2.45) is 0 Å². The Bertz CT molecular complexity index is 4150. The molecule has 4 heterocycles. The lowest BCUT2D eigenvalue weighted by Gasteiger charge is -2.15. The van der Waals surface area contributed by atoms with Crippen LogP contribution in [0.25, 0.3) is 140 Å². The zero-order chi connectivity index (χ0) is 43.9. The molecule has 0 aliphatic carbocycles.